The van der Waals surface area contributed by atoms with E-state index >= 15 is 0 Å². The minimum absolute atomic E-state index is 0.0262. The van der Waals surface area contributed by atoms with E-state index in [4.69, 9.17) is 19.6 Å². The number of epoxide rings is 1. The summed E-state index contributed by atoms with van der Waals surface area (Å²) >= 11 is 0. The van der Waals surface area contributed by atoms with Crippen molar-refractivity contribution >= 4 is 0 Å². The molecule has 4 heteroatoms. The van der Waals surface area contributed by atoms with E-state index in [0.717, 1.165) is 12.8 Å². The molecule has 0 aromatic rings. The van der Waals surface area contributed by atoms with Crippen LogP contribution in [0.3, 0.4) is 0 Å². The summed E-state index contributed by atoms with van der Waals surface area (Å²) in [7, 11) is 0. The van der Waals surface area contributed by atoms with Gasteiger partial charge in [0.1, 0.15) is 24.4 Å². The average Bonchev–Trinajstić information content (AvgIpc) is 2.83. The summed E-state index contributed by atoms with van der Waals surface area (Å²) in [6.45, 7) is 2.14. The summed E-state index contributed by atoms with van der Waals surface area (Å²) in [5.74, 6) is 0. The van der Waals surface area contributed by atoms with E-state index in [1.165, 1.54) is 0 Å². The molecule has 4 nitrogen and oxygen atoms in total. The molecule has 0 aromatic heterocycles. The molecule has 2 aliphatic heterocycles. The highest BCUT2D eigenvalue weighted by molar-refractivity contribution is 4.96. The Hall–Kier alpha value is -0.160. The highest BCUT2D eigenvalue weighted by atomic mass is 17.2. The Balaban J connectivity index is 1.78. The van der Waals surface area contributed by atoms with Gasteiger partial charge in [-0.2, -0.15) is 0 Å². The van der Waals surface area contributed by atoms with Crippen LogP contribution in [0.1, 0.15) is 19.8 Å². The largest absolute Gasteiger partial charge is 0.396 e. The molecule has 0 amide bonds. The lowest BCUT2D eigenvalue weighted by atomic mass is 10.1. The van der Waals surface area contributed by atoms with E-state index in [1.54, 1.807) is 0 Å². The van der Waals surface area contributed by atoms with Crippen molar-refractivity contribution in [2.75, 3.05) is 6.61 Å². The molecule has 0 saturated carbocycles. The first kappa shape index (κ1) is 8.44. The van der Waals surface area contributed by atoms with Gasteiger partial charge < -0.3 is 9.84 Å². The maximum absolute atomic E-state index is 8.61. The number of rotatable bonds is 3. The Bertz CT molecular complexity index is 159. The molecule has 2 fully saturated rings. The molecule has 0 aliphatic carbocycles. The Morgan fingerprint density at radius 2 is 2.08 bits per heavy atom. The van der Waals surface area contributed by atoms with Gasteiger partial charge in [-0.1, -0.05) is 0 Å². The second kappa shape index (κ2) is 3.30. The fourth-order valence-corrected chi connectivity index (χ4v) is 1.59. The van der Waals surface area contributed by atoms with Crippen molar-refractivity contribution in [2.24, 2.45) is 0 Å². The normalized spacial score (nSPS) is 45.5. The van der Waals surface area contributed by atoms with E-state index in [9.17, 15) is 0 Å². The summed E-state index contributed by atoms with van der Waals surface area (Å²) in [6, 6.07) is 0. The molecule has 0 aromatic carbocycles. The van der Waals surface area contributed by atoms with Crippen molar-refractivity contribution in [3.8, 4) is 0 Å². The van der Waals surface area contributed by atoms with Crippen molar-refractivity contribution in [2.45, 2.75) is 44.2 Å². The number of hydrogen-bond acceptors (Lipinski definition) is 4. The van der Waals surface area contributed by atoms with E-state index < -0.39 is 0 Å². The molecule has 70 valence electrons. The smallest absolute Gasteiger partial charge is 0.122 e. The van der Waals surface area contributed by atoms with Crippen molar-refractivity contribution in [1.29, 1.82) is 0 Å². The third-order valence-corrected chi connectivity index (χ3v) is 2.37. The third-order valence-electron chi connectivity index (χ3n) is 2.37. The first-order valence-corrected chi connectivity index (χ1v) is 4.41. The molecule has 0 radical (unpaired) electrons. The minimum Gasteiger partial charge on any atom is -0.396 e. The van der Waals surface area contributed by atoms with Crippen LogP contribution in [0.25, 0.3) is 0 Å². The Kier molecular flexibility index (Phi) is 2.32. The monoisotopic (exact) mass is 174 g/mol. The van der Waals surface area contributed by atoms with Gasteiger partial charge in [-0.25, -0.2) is 9.78 Å². The molecular weight excluding hydrogens is 160 g/mol. The summed E-state index contributed by atoms with van der Waals surface area (Å²) in [4.78, 5) is 10.1. The van der Waals surface area contributed by atoms with Gasteiger partial charge in [-0.3, -0.25) is 0 Å². The number of aliphatic hydroxyl groups excluding tert-OH is 1. The first-order chi connectivity index (χ1) is 5.83. The number of aliphatic hydroxyl groups is 1. The molecule has 0 spiro atoms. The van der Waals surface area contributed by atoms with Gasteiger partial charge in [0.05, 0.1) is 0 Å². The summed E-state index contributed by atoms with van der Waals surface area (Å²) < 4.78 is 5.37. The predicted molar refractivity (Wildman–Crippen MR) is 40.4 cm³/mol. The molecule has 2 heterocycles. The fourth-order valence-electron chi connectivity index (χ4n) is 1.59. The average molecular weight is 174 g/mol. The topological polar surface area (TPSA) is 51.2 Å². The quantitative estimate of drug-likeness (QED) is 0.492. The molecule has 0 bridgehead atoms. The number of fused-ring (bicyclic) bond motifs is 1. The van der Waals surface area contributed by atoms with Gasteiger partial charge in [0.25, 0.3) is 0 Å². The molecule has 0 unspecified atom stereocenters. The van der Waals surface area contributed by atoms with Crippen LogP contribution in [-0.2, 0) is 14.5 Å². The zero-order valence-electron chi connectivity index (χ0n) is 7.10. The van der Waals surface area contributed by atoms with Crippen LogP contribution in [0.5, 0.6) is 0 Å². The standard InChI is InChI=1S/C8H14O4/c1-5-7-8(10-7)6(12-11-5)3-2-4-9/h5-9H,2-4H2,1H3/t5-,6+,7-,8+/m0/s1. The highest BCUT2D eigenvalue weighted by Crippen LogP contribution is 2.37. The summed E-state index contributed by atoms with van der Waals surface area (Å²) in [5, 5.41) is 8.61. The molecule has 12 heavy (non-hydrogen) atoms. The van der Waals surface area contributed by atoms with Crippen LogP contribution in [0.4, 0.5) is 0 Å². The Morgan fingerprint density at radius 1 is 1.25 bits per heavy atom. The van der Waals surface area contributed by atoms with Crippen LogP contribution >= 0.6 is 0 Å². The van der Waals surface area contributed by atoms with Crippen LogP contribution in [0.2, 0.25) is 0 Å². The zero-order chi connectivity index (χ0) is 8.55. The maximum Gasteiger partial charge on any atom is 0.122 e. The Labute approximate surface area is 71.3 Å². The van der Waals surface area contributed by atoms with Gasteiger partial charge in [0.15, 0.2) is 0 Å². The summed E-state index contributed by atoms with van der Waals surface area (Å²) in [5.41, 5.74) is 0. The zero-order valence-corrected chi connectivity index (χ0v) is 7.10. The molecule has 2 rings (SSSR count). The number of ether oxygens (including phenoxy) is 1. The lowest BCUT2D eigenvalue weighted by Gasteiger charge is -2.21. The first-order valence-electron chi connectivity index (χ1n) is 4.41. The van der Waals surface area contributed by atoms with Crippen LogP contribution < -0.4 is 0 Å². The molecule has 2 saturated heterocycles. The fraction of sp³-hybridized carbons (Fsp3) is 1.00. The van der Waals surface area contributed by atoms with E-state index in [-0.39, 0.29) is 31.0 Å². The van der Waals surface area contributed by atoms with Gasteiger partial charge >= 0.3 is 0 Å². The SMILES string of the molecule is C[C@@H]1OO[C@H](CCCO)[C@H]2O[C@H]21. The number of hydrogen-bond donors (Lipinski definition) is 1. The van der Waals surface area contributed by atoms with E-state index in [2.05, 4.69) is 0 Å². The van der Waals surface area contributed by atoms with Crippen molar-refractivity contribution < 1.29 is 19.6 Å². The second-order valence-corrected chi connectivity index (χ2v) is 3.37. The third kappa shape index (κ3) is 1.47. The van der Waals surface area contributed by atoms with Crippen LogP contribution in [0.15, 0.2) is 0 Å². The van der Waals surface area contributed by atoms with Crippen molar-refractivity contribution in [1.82, 2.24) is 0 Å². The summed E-state index contributed by atoms with van der Waals surface area (Å²) in [6.07, 6.45) is 2.07. The van der Waals surface area contributed by atoms with E-state index in [0.29, 0.717) is 0 Å². The molecule has 4 atom stereocenters. The molecular formula is C8H14O4. The van der Waals surface area contributed by atoms with Gasteiger partial charge in [0.2, 0.25) is 0 Å². The molecule has 2 aliphatic rings. The predicted octanol–water partition coefficient (Wildman–Crippen LogP) is 0.245. The minimum atomic E-state index is 0.0262. The lowest BCUT2D eigenvalue weighted by Crippen LogP contribution is -2.34. The van der Waals surface area contributed by atoms with Gasteiger partial charge in [-0.15, -0.1) is 0 Å². The van der Waals surface area contributed by atoms with Crippen molar-refractivity contribution in [3.05, 3.63) is 0 Å². The second-order valence-electron chi connectivity index (χ2n) is 3.37. The lowest BCUT2D eigenvalue weighted by molar-refractivity contribution is -0.361. The van der Waals surface area contributed by atoms with Gasteiger partial charge in [0, 0.05) is 6.61 Å². The van der Waals surface area contributed by atoms with Crippen LogP contribution in [0, 0.1) is 0 Å². The maximum atomic E-state index is 8.61. The van der Waals surface area contributed by atoms with E-state index in [1.807, 2.05) is 6.92 Å². The Morgan fingerprint density at radius 3 is 2.83 bits per heavy atom. The highest BCUT2D eigenvalue weighted by Gasteiger charge is 2.53. The van der Waals surface area contributed by atoms with Crippen molar-refractivity contribution in [3.63, 3.8) is 0 Å². The van der Waals surface area contributed by atoms with Crippen LogP contribution in [-0.4, -0.2) is 36.1 Å². The molecule has 1 N–H and O–H groups in total. The van der Waals surface area contributed by atoms with Gasteiger partial charge in [-0.05, 0) is 19.8 Å².